The first-order valence-electron chi connectivity index (χ1n) is 4.06. The van der Waals surface area contributed by atoms with Crippen LogP contribution in [-0.4, -0.2) is 20.7 Å². The van der Waals surface area contributed by atoms with Gasteiger partial charge in [-0.3, -0.25) is 10.1 Å². The predicted molar refractivity (Wildman–Crippen MR) is 55.4 cm³/mol. The van der Waals surface area contributed by atoms with E-state index in [0.717, 1.165) is 0 Å². The number of anilines is 1. The van der Waals surface area contributed by atoms with Gasteiger partial charge < -0.3 is 8.98 Å². The molecule has 2 aromatic heterocycles. The molecule has 6 nitrogen and oxygen atoms in total. The highest BCUT2D eigenvalue weighted by Gasteiger charge is 2.11. The van der Waals surface area contributed by atoms with Gasteiger partial charge in [-0.15, -0.1) is 10.2 Å². The minimum Gasteiger partial charge on any atom is -0.457 e. The first kappa shape index (κ1) is 9.91. The third-order valence-electron chi connectivity index (χ3n) is 1.77. The second-order valence-corrected chi connectivity index (χ2v) is 3.64. The van der Waals surface area contributed by atoms with Gasteiger partial charge in [0.05, 0.1) is 5.56 Å². The Labute approximate surface area is 93.4 Å². The van der Waals surface area contributed by atoms with Crippen molar-refractivity contribution in [2.75, 3.05) is 5.32 Å². The fraction of sp³-hybridized carbons (Fsp3) is 0.125. The minimum atomic E-state index is -0.291. The van der Waals surface area contributed by atoms with Crippen LogP contribution >= 0.6 is 15.9 Å². The maximum absolute atomic E-state index is 11.6. The van der Waals surface area contributed by atoms with Crippen LogP contribution < -0.4 is 5.32 Å². The number of amides is 1. The smallest absolute Gasteiger partial charge is 0.261 e. The Bertz CT molecular complexity index is 490. The molecule has 0 aliphatic rings. The van der Waals surface area contributed by atoms with E-state index in [9.17, 15) is 4.79 Å². The van der Waals surface area contributed by atoms with E-state index in [2.05, 4.69) is 31.4 Å². The van der Waals surface area contributed by atoms with Gasteiger partial charge in [0.1, 0.15) is 12.6 Å². The summed E-state index contributed by atoms with van der Waals surface area (Å²) in [7, 11) is 1.74. The number of furan rings is 1. The maximum atomic E-state index is 11.6. The summed E-state index contributed by atoms with van der Waals surface area (Å²) in [4.78, 5) is 11.6. The van der Waals surface area contributed by atoms with Crippen LogP contribution in [0.4, 0.5) is 5.95 Å². The largest absolute Gasteiger partial charge is 0.457 e. The van der Waals surface area contributed by atoms with Gasteiger partial charge in [-0.05, 0) is 15.9 Å². The van der Waals surface area contributed by atoms with Crippen molar-refractivity contribution in [3.05, 3.63) is 28.9 Å². The molecule has 0 unspecified atom stereocenters. The quantitative estimate of drug-likeness (QED) is 0.896. The van der Waals surface area contributed by atoms with E-state index in [0.29, 0.717) is 16.2 Å². The van der Waals surface area contributed by atoms with E-state index < -0.39 is 0 Å². The Morgan fingerprint density at radius 3 is 3.00 bits per heavy atom. The molecule has 0 saturated heterocycles. The molecule has 0 bridgehead atoms. The minimum absolute atomic E-state index is 0.291. The summed E-state index contributed by atoms with van der Waals surface area (Å²) in [6, 6.07) is 1.58. The highest BCUT2D eigenvalue weighted by Crippen LogP contribution is 2.14. The van der Waals surface area contributed by atoms with Crippen LogP contribution in [0, 0.1) is 0 Å². The van der Waals surface area contributed by atoms with Crippen LogP contribution in [-0.2, 0) is 7.05 Å². The Morgan fingerprint density at radius 1 is 1.67 bits per heavy atom. The molecule has 2 aromatic rings. The van der Waals surface area contributed by atoms with Crippen molar-refractivity contribution in [2.24, 2.45) is 7.05 Å². The van der Waals surface area contributed by atoms with Gasteiger partial charge in [-0.1, -0.05) is 0 Å². The van der Waals surface area contributed by atoms with Crippen LogP contribution in [0.3, 0.4) is 0 Å². The van der Waals surface area contributed by atoms with E-state index >= 15 is 0 Å². The van der Waals surface area contributed by atoms with E-state index in [4.69, 9.17) is 4.42 Å². The van der Waals surface area contributed by atoms with Crippen LogP contribution in [0.15, 0.2) is 27.7 Å². The Morgan fingerprint density at radius 2 is 2.47 bits per heavy atom. The second-order valence-electron chi connectivity index (χ2n) is 2.86. The van der Waals surface area contributed by atoms with Crippen LogP contribution in [0.1, 0.15) is 10.4 Å². The summed E-state index contributed by atoms with van der Waals surface area (Å²) in [6.07, 6.45) is 2.86. The lowest BCUT2D eigenvalue weighted by Crippen LogP contribution is -2.14. The maximum Gasteiger partial charge on any atom is 0.261 e. The fourth-order valence-corrected chi connectivity index (χ4v) is 1.34. The molecule has 15 heavy (non-hydrogen) atoms. The van der Waals surface area contributed by atoms with Crippen molar-refractivity contribution in [1.29, 1.82) is 0 Å². The SMILES string of the molecule is Cn1cnnc1NC(=O)c1coc(Br)c1. The topological polar surface area (TPSA) is 73.0 Å². The van der Waals surface area contributed by atoms with Gasteiger partial charge in [0, 0.05) is 13.1 Å². The van der Waals surface area contributed by atoms with Crippen molar-refractivity contribution < 1.29 is 9.21 Å². The van der Waals surface area contributed by atoms with Crippen molar-refractivity contribution >= 4 is 27.8 Å². The number of aryl methyl sites for hydroxylation is 1. The van der Waals surface area contributed by atoms with Crippen molar-refractivity contribution in [3.63, 3.8) is 0 Å². The van der Waals surface area contributed by atoms with Crippen molar-refractivity contribution in [3.8, 4) is 0 Å². The zero-order chi connectivity index (χ0) is 10.8. The van der Waals surface area contributed by atoms with E-state index in [1.54, 1.807) is 17.7 Å². The number of aromatic nitrogens is 3. The summed E-state index contributed by atoms with van der Waals surface area (Å²) in [6.45, 7) is 0. The monoisotopic (exact) mass is 270 g/mol. The molecule has 7 heteroatoms. The van der Waals surface area contributed by atoms with Gasteiger partial charge >= 0.3 is 0 Å². The third-order valence-corrected chi connectivity index (χ3v) is 2.18. The molecule has 0 spiro atoms. The molecular formula is C8H7BrN4O2. The number of nitrogens with one attached hydrogen (secondary N) is 1. The number of hydrogen-bond acceptors (Lipinski definition) is 4. The summed E-state index contributed by atoms with van der Waals surface area (Å²) >= 11 is 3.11. The number of carbonyl (C=O) groups excluding carboxylic acids is 1. The van der Waals surface area contributed by atoms with Crippen LogP contribution in [0.5, 0.6) is 0 Å². The molecule has 0 atom stereocenters. The summed E-state index contributed by atoms with van der Waals surface area (Å²) in [5.41, 5.74) is 0.421. The summed E-state index contributed by atoms with van der Waals surface area (Å²) in [5.74, 6) is 0.0953. The van der Waals surface area contributed by atoms with Crippen LogP contribution in [0.2, 0.25) is 0 Å². The third kappa shape index (κ3) is 2.07. The van der Waals surface area contributed by atoms with E-state index in [1.165, 1.54) is 12.6 Å². The normalized spacial score (nSPS) is 10.3. The first-order chi connectivity index (χ1) is 7.16. The molecular weight excluding hydrogens is 264 g/mol. The van der Waals surface area contributed by atoms with Crippen molar-refractivity contribution in [1.82, 2.24) is 14.8 Å². The second kappa shape index (κ2) is 3.85. The highest BCUT2D eigenvalue weighted by atomic mass is 79.9. The molecule has 0 radical (unpaired) electrons. The molecule has 2 rings (SSSR count). The van der Waals surface area contributed by atoms with Gasteiger partial charge in [-0.25, -0.2) is 0 Å². The van der Waals surface area contributed by atoms with Gasteiger partial charge in [0.15, 0.2) is 4.67 Å². The molecule has 0 aliphatic carbocycles. The Kier molecular flexibility index (Phi) is 2.55. The molecule has 0 aromatic carbocycles. The molecule has 1 N–H and O–H groups in total. The number of nitrogens with zero attached hydrogens (tertiary/aromatic N) is 3. The lowest BCUT2D eigenvalue weighted by molar-refractivity contribution is 0.102. The molecule has 0 aliphatic heterocycles. The standard InChI is InChI=1S/C8H7BrN4O2/c1-13-4-10-12-8(13)11-7(14)5-2-6(9)15-3-5/h2-4H,1H3,(H,11,12,14). The molecule has 1 amide bonds. The number of hydrogen-bond donors (Lipinski definition) is 1. The number of carbonyl (C=O) groups is 1. The zero-order valence-electron chi connectivity index (χ0n) is 7.77. The van der Waals surface area contributed by atoms with E-state index in [-0.39, 0.29) is 5.91 Å². The molecule has 0 fully saturated rings. The number of halogens is 1. The van der Waals surface area contributed by atoms with E-state index in [1.807, 2.05) is 0 Å². The van der Waals surface area contributed by atoms with Gasteiger partial charge in [0.2, 0.25) is 5.95 Å². The van der Waals surface area contributed by atoms with Gasteiger partial charge in [-0.2, -0.15) is 0 Å². The highest BCUT2D eigenvalue weighted by molar-refractivity contribution is 9.10. The molecule has 78 valence electrons. The zero-order valence-corrected chi connectivity index (χ0v) is 9.35. The van der Waals surface area contributed by atoms with Crippen LogP contribution in [0.25, 0.3) is 0 Å². The van der Waals surface area contributed by atoms with Gasteiger partial charge in [0.25, 0.3) is 5.91 Å². The van der Waals surface area contributed by atoms with Crippen molar-refractivity contribution in [2.45, 2.75) is 0 Å². The lowest BCUT2D eigenvalue weighted by Gasteiger charge is -2.00. The molecule has 2 heterocycles. The first-order valence-corrected chi connectivity index (χ1v) is 4.85. The average Bonchev–Trinajstić information content (AvgIpc) is 2.77. The Hall–Kier alpha value is -1.63. The molecule has 0 saturated carbocycles. The summed E-state index contributed by atoms with van der Waals surface area (Å²) < 4.78 is 7.06. The summed E-state index contributed by atoms with van der Waals surface area (Å²) in [5, 5.41) is 9.96. The lowest BCUT2D eigenvalue weighted by atomic mass is 10.3. The fourth-order valence-electron chi connectivity index (χ4n) is 0.999. The predicted octanol–water partition coefficient (Wildman–Crippen LogP) is 1.42. The number of rotatable bonds is 2. The average molecular weight is 271 g/mol. The Balaban J connectivity index is 2.14.